The topological polar surface area (TPSA) is 75.6 Å². The Balaban J connectivity index is 1.66. The molecule has 124 valence electrons. The van der Waals surface area contributed by atoms with Gasteiger partial charge in [0.25, 0.3) is 5.91 Å². The van der Waals surface area contributed by atoms with Gasteiger partial charge in [-0.2, -0.15) is 5.10 Å². The Labute approximate surface area is 140 Å². The maximum atomic E-state index is 12.8. The molecule has 0 atom stereocenters. The number of aromatic nitrogens is 4. The van der Waals surface area contributed by atoms with E-state index >= 15 is 0 Å². The number of fused-ring (bicyclic) bond motifs is 2. The Hall–Kier alpha value is -2.63. The molecule has 0 aliphatic heterocycles. The fourth-order valence-electron chi connectivity index (χ4n) is 3.61. The third-order valence-corrected chi connectivity index (χ3v) is 4.79. The smallest absolute Gasteiger partial charge is 0.272 e. The molecule has 6 heteroatoms. The van der Waals surface area contributed by atoms with Crippen LogP contribution in [0.4, 0.5) is 0 Å². The van der Waals surface area contributed by atoms with E-state index < -0.39 is 5.54 Å². The number of H-pyrrole nitrogens is 1. The number of carbonyl (C=O) groups excluding carboxylic acids is 1. The van der Waals surface area contributed by atoms with Crippen molar-refractivity contribution in [2.45, 2.75) is 38.6 Å². The minimum Gasteiger partial charge on any atom is -0.339 e. The highest BCUT2D eigenvalue weighted by molar-refractivity contribution is 5.94. The van der Waals surface area contributed by atoms with Gasteiger partial charge in [-0.1, -0.05) is 12.1 Å². The van der Waals surface area contributed by atoms with E-state index in [1.165, 1.54) is 0 Å². The maximum Gasteiger partial charge on any atom is 0.272 e. The molecular formula is C18H21N5O. The van der Waals surface area contributed by atoms with Gasteiger partial charge < -0.3 is 9.88 Å². The molecule has 1 aliphatic rings. The lowest BCUT2D eigenvalue weighted by Crippen LogP contribution is -2.43. The summed E-state index contributed by atoms with van der Waals surface area (Å²) in [5.74, 6) is 0.677. The second-order valence-electron chi connectivity index (χ2n) is 6.95. The van der Waals surface area contributed by atoms with Gasteiger partial charge in [0.2, 0.25) is 0 Å². The van der Waals surface area contributed by atoms with Crippen LogP contribution < -0.4 is 5.32 Å². The van der Waals surface area contributed by atoms with Gasteiger partial charge in [-0.05, 0) is 45.2 Å². The standard InChI is InChI=1S/C18H21N5O/c1-18(2,17-19-13-8-4-5-10-14(13)23(17)3)20-16(24)15-11-7-6-9-12(11)21-22-15/h4-5,8,10H,6-7,9H2,1-3H3,(H,20,24)(H,21,22). The number of hydrogen-bond donors (Lipinski definition) is 2. The van der Waals surface area contributed by atoms with Crippen molar-refractivity contribution in [3.63, 3.8) is 0 Å². The van der Waals surface area contributed by atoms with Gasteiger partial charge in [0.15, 0.2) is 5.69 Å². The first-order valence-electron chi connectivity index (χ1n) is 8.28. The second kappa shape index (κ2) is 5.19. The van der Waals surface area contributed by atoms with Gasteiger partial charge in [-0.15, -0.1) is 0 Å². The first-order chi connectivity index (χ1) is 11.5. The highest BCUT2D eigenvalue weighted by atomic mass is 16.2. The van der Waals surface area contributed by atoms with E-state index in [-0.39, 0.29) is 5.91 Å². The summed E-state index contributed by atoms with van der Waals surface area (Å²) >= 11 is 0. The van der Waals surface area contributed by atoms with Crippen molar-refractivity contribution in [1.82, 2.24) is 25.1 Å². The molecule has 0 fully saturated rings. The third kappa shape index (κ3) is 2.21. The van der Waals surface area contributed by atoms with E-state index in [1.54, 1.807) is 0 Å². The van der Waals surface area contributed by atoms with Crippen LogP contribution in [0, 0.1) is 0 Å². The zero-order valence-electron chi connectivity index (χ0n) is 14.2. The number of nitrogens with one attached hydrogen (secondary N) is 2. The molecule has 1 aromatic carbocycles. The second-order valence-corrected chi connectivity index (χ2v) is 6.95. The number of benzene rings is 1. The van der Waals surface area contributed by atoms with Crippen LogP contribution in [0.3, 0.4) is 0 Å². The highest BCUT2D eigenvalue weighted by Crippen LogP contribution is 2.26. The zero-order valence-corrected chi connectivity index (χ0v) is 14.2. The van der Waals surface area contributed by atoms with Crippen molar-refractivity contribution in [3.05, 3.63) is 47.0 Å². The van der Waals surface area contributed by atoms with Crippen LogP contribution in [0.25, 0.3) is 11.0 Å². The van der Waals surface area contributed by atoms with Crippen molar-refractivity contribution < 1.29 is 4.79 Å². The van der Waals surface area contributed by atoms with Gasteiger partial charge in [0, 0.05) is 18.3 Å². The van der Waals surface area contributed by atoms with Crippen molar-refractivity contribution in [2.75, 3.05) is 0 Å². The van der Waals surface area contributed by atoms with Crippen LogP contribution in [-0.4, -0.2) is 25.7 Å². The van der Waals surface area contributed by atoms with E-state index in [1.807, 2.05) is 49.7 Å². The van der Waals surface area contributed by atoms with Crippen LogP contribution >= 0.6 is 0 Å². The first kappa shape index (κ1) is 14.9. The fraction of sp³-hybridized carbons (Fsp3) is 0.389. The monoisotopic (exact) mass is 323 g/mol. The molecule has 0 bridgehead atoms. The predicted octanol–water partition coefficient (Wildman–Crippen LogP) is 2.45. The molecule has 2 aromatic heterocycles. The normalized spacial score (nSPS) is 14.1. The van der Waals surface area contributed by atoms with Gasteiger partial charge in [-0.3, -0.25) is 9.89 Å². The SMILES string of the molecule is Cn1c(C(C)(C)NC(=O)c2n[nH]c3c2CCC3)nc2ccccc21. The van der Waals surface area contributed by atoms with E-state index in [9.17, 15) is 4.79 Å². The number of nitrogens with zero attached hydrogens (tertiary/aromatic N) is 3. The number of aromatic amines is 1. The summed E-state index contributed by atoms with van der Waals surface area (Å²) in [7, 11) is 1.98. The van der Waals surface area contributed by atoms with Crippen molar-refractivity contribution in [2.24, 2.45) is 7.05 Å². The molecule has 0 saturated heterocycles. The van der Waals surface area contributed by atoms with Crippen LogP contribution in [0.15, 0.2) is 24.3 Å². The minimum absolute atomic E-state index is 0.147. The summed E-state index contributed by atoms with van der Waals surface area (Å²) in [6.45, 7) is 3.94. The minimum atomic E-state index is -0.602. The summed E-state index contributed by atoms with van der Waals surface area (Å²) in [5, 5.41) is 10.3. The average molecular weight is 323 g/mol. The lowest BCUT2D eigenvalue weighted by atomic mass is 10.0. The number of aryl methyl sites for hydroxylation is 2. The lowest BCUT2D eigenvalue weighted by Gasteiger charge is -2.25. The summed E-state index contributed by atoms with van der Waals surface area (Å²) in [6.07, 6.45) is 2.98. The Kier molecular flexibility index (Phi) is 3.23. The Morgan fingerprint density at radius 3 is 2.88 bits per heavy atom. The van der Waals surface area contributed by atoms with Crippen LogP contribution in [-0.2, 0) is 25.4 Å². The highest BCUT2D eigenvalue weighted by Gasteiger charge is 2.31. The molecule has 0 spiro atoms. The third-order valence-electron chi connectivity index (χ3n) is 4.79. The van der Waals surface area contributed by atoms with Crippen LogP contribution in [0.5, 0.6) is 0 Å². The number of imidazole rings is 1. The summed E-state index contributed by atoms with van der Waals surface area (Å²) < 4.78 is 2.03. The molecule has 0 radical (unpaired) electrons. The molecule has 2 N–H and O–H groups in total. The number of carbonyl (C=O) groups is 1. The lowest BCUT2D eigenvalue weighted by molar-refractivity contribution is 0.0901. The molecule has 3 aromatic rings. The molecule has 24 heavy (non-hydrogen) atoms. The van der Waals surface area contributed by atoms with E-state index in [0.29, 0.717) is 5.69 Å². The van der Waals surface area contributed by atoms with E-state index in [0.717, 1.165) is 47.4 Å². The molecule has 0 unspecified atom stereocenters. The number of para-hydroxylation sites is 2. The van der Waals surface area contributed by atoms with Crippen molar-refractivity contribution >= 4 is 16.9 Å². The molecule has 0 saturated carbocycles. The van der Waals surface area contributed by atoms with Crippen LogP contribution in [0.1, 0.15) is 47.8 Å². The largest absolute Gasteiger partial charge is 0.339 e. The summed E-state index contributed by atoms with van der Waals surface area (Å²) in [6, 6.07) is 7.98. The number of hydrogen-bond acceptors (Lipinski definition) is 3. The van der Waals surface area contributed by atoms with Crippen molar-refractivity contribution in [3.8, 4) is 0 Å². The van der Waals surface area contributed by atoms with Crippen molar-refractivity contribution in [1.29, 1.82) is 0 Å². The first-order valence-corrected chi connectivity index (χ1v) is 8.28. The zero-order chi connectivity index (χ0) is 16.9. The van der Waals surface area contributed by atoms with Gasteiger partial charge in [0.05, 0.1) is 16.6 Å². The predicted molar refractivity (Wildman–Crippen MR) is 91.8 cm³/mol. The van der Waals surface area contributed by atoms with E-state index in [4.69, 9.17) is 4.98 Å². The Bertz CT molecular complexity index is 934. The van der Waals surface area contributed by atoms with Gasteiger partial charge in [-0.25, -0.2) is 4.98 Å². The maximum absolute atomic E-state index is 12.8. The number of rotatable bonds is 3. The van der Waals surface area contributed by atoms with E-state index in [2.05, 4.69) is 15.5 Å². The van der Waals surface area contributed by atoms with Crippen LogP contribution in [0.2, 0.25) is 0 Å². The summed E-state index contributed by atoms with van der Waals surface area (Å²) in [4.78, 5) is 17.5. The molecular weight excluding hydrogens is 302 g/mol. The molecule has 6 nitrogen and oxygen atoms in total. The Morgan fingerprint density at radius 1 is 1.29 bits per heavy atom. The van der Waals surface area contributed by atoms with Gasteiger partial charge in [0.1, 0.15) is 5.82 Å². The molecule has 1 amide bonds. The fourth-order valence-corrected chi connectivity index (χ4v) is 3.61. The quantitative estimate of drug-likeness (QED) is 0.777. The average Bonchev–Trinajstić information content (AvgIpc) is 3.21. The summed E-state index contributed by atoms with van der Waals surface area (Å²) in [5.41, 5.74) is 4.06. The molecule has 1 aliphatic carbocycles. The Morgan fingerprint density at radius 2 is 2.08 bits per heavy atom. The molecule has 2 heterocycles. The van der Waals surface area contributed by atoms with Gasteiger partial charge >= 0.3 is 0 Å². The molecule has 4 rings (SSSR count). The number of amides is 1.